The van der Waals surface area contributed by atoms with Gasteiger partial charge in [-0.2, -0.15) is 0 Å². The second-order valence-electron chi connectivity index (χ2n) is 7.01. The number of furan rings is 1. The highest BCUT2D eigenvalue weighted by atomic mass is 32.1. The minimum atomic E-state index is -0.862. The van der Waals surface area contributed by atoms with E-state index in [2.05, 4.69) is 16.0 Å². The lowest BCUT2D eigenvalue weighted by atomic mass is 9.80. The molecule has 1 fully saturated rings. The molecule has 8 heteroatoms. The predicted octanol–water partition coefficient (Wildman–Crippen LogP) is 3.47. The summed E-state index contributed by atoms with van der Waals surface area (Å²) >= 11 is 1.19. The van der Waals surface area contributed by atoms with E-state index in [-0.39, 0.29) is 23.5 Å². The number of anilines is 1. The van der Waals surface area contributed by atoms with Crippen molar-refractivity contribution in [3.8, 4) is 0 Å². The van der Waals surface area contributed by atoms with Gasteiger partial charge in [-0.25, -0.2) is 0 Å². The number of aryl methyl sites for hydroxylation is 1. The zero-order valence-corrected chi connectivity index (χ0v) is 16.9. The number of nitrogens with one attached hydrogen (secondary N) is 3. The van der Waals surface area contributed by atoms with Crippen LogP contribution in [0.4, 0.5) is 5.00 Å². The Hall–Kier alpha value is -2.61. The number of likely N-dealkylation sites (N-methyl/N-ethyl adjacent to an activating group) is 1. The first-order valence-corrected chi connectivity index (χ1v) is 10.3. The van der Waals surface area contributed by atoms with Crippen molar-refractivity contribution in [3.63, 3.8) is 0 Å². The van der Waals surface area contributed by atoms with Gasteiger partial charge in [-0.1, -0.05) is 19.3 Å². The van der Waals surface area contributed by atoms with Crippen molar-refractivity contribution >= 4 is 34.1 Å². The zero-order chi connectivity index (χ0) is 20.1. The Morgan fingerprint density at radius 2 is 1.93 bits per heavy atom. The molecule has 3 rings (SSSR count). The molecule has 0 aliphatic heterocycles. The first kappa shape index (κ1) is 20.1. The SMILES string of the molecule is CCNC(=O)C1(NC(=O)c2sc(NC(=O)c3ccco3)cc2C)CCCCC1. The quantitative estimate of drug-likeness (QED) is 0.687. The molecule has 0 spiro atoms. The molecule has 28 heavy (non-hydrogen) atoms. The highest BCUT2D eigenvalue weighted by molar-refractivity contribution is 7.18. The third-order valence-electron chi connectivity index (χ3n) is 4.94. The van der Waals surface area contributed by atoms with Crippen LogP contribution in [-0.2, 0) is 4.79 Å². The number of hydrogen-bond acceptors (Lipinski definition) is 5. The highest BCUT2D eigenvalue weighted by Gasteiger charge is 2.41. The van der Waals surface area contributed by atoms with E-state index >= 15 is 0 Å². The molecular formula is C20H25N3O4S. The second kappa shape index (κ2) is 8.60. The fraction of sp³-hybridized carbons (Fsp3) is 0.450. The molecular weight excluding hydrogens is 378 g/mol. The molecule has 0 saturated heterocycles. The molecule has 1 aliphatic rings. The van der Waals surface area contributed by atoms with Crippen LogP contribution in [-0.4, -0.2) is 29.8 Å². The first-order chi connectivity index (χ1) is 13.4. The molecule has 0 atom stereocenters. The summed E-state index contributed by atoms with van der Waals surface area (Å²) in [4.78, 5) is 38.3. The topological polar surface area (TPSA) is 100 Å². The third kappa shape index (κ3) is 4.27. The monoisotopic (exact) mass is 403 g/mol. The van der Waals surface area contributed by atoms with Gasteiger partial charge < -0.3 is 20.4 Å². The van der Waals surface area contributed by atoms with Gasteiger partial charge in [-0.3, -0.25) is 14.4 Å². The van der Waals surface area contributed by atoms with Crippen molar-refractivity contribution in [3.05, 3.63) is 40.7 Å². The van der Waals surface area contributed by atoms with Crippen LogP contribution in [0.2, 0.25) is 0 Å². The summed E-state index contributed by atoms with van der Waals surface area (Å²) in [7, 11) is 0. The van der Waals surface area contributed by atoms with Crippen LogP contribution in [0.1, 0.15) is 64.8 Å². The van der Waals surface area contributed by atoms with Gasteiger partial charge in [-0.15, -0.1) is 11.3 Å². The lowest BCUT2D eigenvalue weighted by Gasteiger charge is -2.36. The van der Waals surface area contributed by atoms with E-state index in [9.17, 15) is 14.4 Å². The molecule has 3 amide bonds. The average molecular weight is 404 g/mol. The fourth-order valence-electron chi connectivity index (χ4n) is 3.52. The van der Waals surface area contributed by atoms with Crippen LogP contribution in [0.15, 0.2) is 28.9 Å². The van der Waals surface area contributed by atoms with E-state index in [0.29, 0.717) is 29.3 Å². The lowest BCUT2D eigenvalue weighted by molar-refractivity contribution is -0.128. The van der Waals surface area contributed by atoms with Gasteiger partial charge in [0.05, 0.1) is 16.1 Å². The van der Waals surface area contributed by atoms with Gasteiger partial charge in [0.15, 0.2) is 5.76 Å². The summed E-state index contributed by atoms with van der Waals surface area (Å²) in [6.45, 7) is 4.21. The van der Waals surface area contributed by atoms with Crippen LogP contribution in [0, 0.1) is 6.92 Å². The molecule has 1 aliphatic carbocycles. The van der Waals surface area contributed by atoms with Crippen LogP contribution in [0.5, 0.6) is 0 Å². The third-order valence-corrected chi connectivity index (χ3v) is 6.09. The molecule has 3 N–H and O–H groups in total. The van der Waals surface area contributed by atoms with Crippen LogP contribution in [0.3, 0.4) is 0 Å². The van der Waals surface area contributed by atoms with Gasteiger partial charge in [-0.05, 0) is 50.5 Å². The molecule has 2 heterocycles. The van der Waals surface area contributed by atoms with Crippen molar-refractivity contribution < 1.29 is 18.8 Å². The zero-order valence-electron chi connectivity index (χ0n) is 16.1. The fourth-order valence-corrected chi connectivity index (χ4v) is 4.48. The smallest absolute Gasteiger partial charge is 0.291 e. The minimum Gasteiger partial charge on any atom is -0.459 e. The maximum absolute atomic E-state index is 13.0. The van der Waals surface area contributed by atoms with Crippen molar-refractivity contribution in [2.45, 2.75) is 51.5 Å². The predicted molar refractivity (Wildman–Crippen MR) is 108 cm³/mol. The normalized spacial score (nSPS) is 15.6. The molecule has 2 aromatic rings. The maximum Gasteiger partial charge on any atom is 0.291 e. The molecule has 0 radical (unpaired) electrons. The van der Waals surface area contributed by atoms with Crippen molar-refractivity contribution in [2.75, 3.05) is 11.9 Å². The number of amides is 3. The van der Waals surface area contributed by atoms with E-state index in [1.807, 2.05) is 13.8 Å². The Kier molecular flexibility index (Phi) is 6.18. The summed E-state index contributed by atoms with van der Waals surface area (Å²) in [6.07, 6.45) is 5.58. The number of rotatable bonds is 6. The number of carbonyl (C=O) groups excluding carboxylic acids is 3. The van der Waals surface area contributed by atoms with Gasteiger partial charge in [0.25, 0.3) is 11.8 Å². The molecule has 2 aromatic heterocycles. The van der Waals surface area contributed by atoms with Crippen molar-refractivity contribution in [2.24, 2.45) is 0 Å². The van der Waals surface area contributed by atoms with Crippen LogP contribution in [0.25, 0.3) is 0 Å². The van der Waals surface area contributed by atoms with Crippen LogP contribution < -0.4 is 16.0 Å². The van der Waals surface area contributed by atoms with E-state index in [1.54, 1.807) is 18.2 Å². The molecule has 0 bridgehead atoms. The largest absolute Gasteiger partial charge is 0.459 e. The van der Waals surface area contributed by atoms with Gasteiger partial charge in [0, 0.05) is 6.54 Å². The Bertz CT molecular complexity index is 851. The number of thiophene rings is 1. The second-order valence-corrected chi connectivity index (χ2v) is 8.06. The van der Waals surface area contributed by atoms with Gasteiger partial charge in [0.1, 0.15) is 5.54 Å². The summed E-state index contributed by atoms with van der Waals surface area (Å²) in [5, 5.41) is 9.15. The molecule has 150 valence electrons. The van der Waals surface area contributed by atoms with E-state index in [0.717, 1.165) is 24.8 Å². The summed E-state index contributed by atoms with van der Waals surface area (Å²) in [6, 6.07) is 4.96. The molecule has 1 saturated carbocycles. The molecule has 7 nitrogen and oxygen atoms in total. The summed E-state index contributed by atoms with van der Waals surface area (Å²) in [5.41, 5.74) is -0.113. The van der Waals surface area contributed by atoms with Gasteiger partial charge in [0.2, 0.25) is 5.91 Å². The Balaban J connectivity index is 1.75. The summed E-state index contributed by atoms with van der Waals surface area (Å²) in [5.74, 6) is -0.573. The Morgan fingerprint density at radius 3 is 2.57 bits per heavy atom. The maximum atomic E-state index is 13.0. The van der Waals surface area contributed by atoms with Gasteiger partial charge >= 0.3 is 0 Å². The summed E-state index contributed by atoms with van der Waals surface area (Å²) < 4.78 is 5.08. The molecule has 0 unspecified atom stereocenters. The van der Waals surface area contributed by atoms with E-state index in [4.69, 9.17) is 4.42 Å². The average Bonchev–Trinajstić information content (AvgIpc) is 3.32. The van der Waals surface area contributed by atoms with E-state index < -0.39 is 5.54 Å². The highest BCUT2D eigenvalue weighted by Crippen LogP contribution is 2.31. The number of carbonyl (C=O) groups is 3. The standard InChI is InChI=1S/C20H25N3O4S/c1-3-21-19(26)20(9-5-4-6-10-20)23-18(25)16-13(2)12-15(28-16)22-17(24)14-8-7-11-27-14/h7-8,11-12H,3-6,9-10H2,1-2H3,(H,21,26)(H,22,24)(H,23,25). The van der Waals surface area contributed by atoms with E-state index in [1.165, 1.54) is 17.6 Å². The molecule has 0 aromatic carbocycles. The van der Waals surface area contributed by atoms with Crippen molar-refractivity contribution in [1.29, 1.82) is 0 Å². The number of hydrogen-bond donors (Lipinski definition) is 3. The van der Waals surface area contributed by atoms with Crippen LogP contribution >= 0.6 is 11.3 Å². The van der Waals surface area contributed by atoms with Crippen molar-refractivity contribution in [1.82, 2.24) is 10.6 Å². The Labute approximate surface area is 167 Å². The lowest BCUT2D eigenvalue weighted by Crippen LogP contribution is -2.59. The minimum absolute atomic E-state index is 0.122. The Morgan fingerprint density at radius 1 is 1.18 bits per heavy atom. The first-order valence-electron chi connectivity index (χ1n) is 9.51.